The molecule has 6 heteroatoms. The molecule has 0 spiro atoms. The molecule has 0 aliphatic carbocycles. The van der Waals surface area contributed by atoms with Crippen molar-refractivity contribution >= 4 is 21.9 Å². The molecule has 1 aromatic rings. The Kier molecular flexibility index (Phi) is 5.18. The topological polar surface area (TPSA) is 59.0 Å². The molecule has 0 amide bonds. The number of halogens is 1. The molecule has 5 nitrogen and oxygen atoms in total. The third-order valence-corrected chi connectivity index (χ3v) is 3.58. The fourth-order valence-electron chi connectivity index (χ4n) is 1.93. The van der Waals surface area contributed by atoms with Gasteiger partial charge in [0.05, 0.1) is 17.7 Å². The number of carbonyl (C=O) groups is 1. The number of morpholine rings is 1. The van der Waals surface area contributed by atoms with Crippen molar-refractivity contribution in [2.45, 2.75) is 0 Å². The second kappa shape index (κ2) is 6.88. The van der Waals surface area contributed by atoms with Gasteiger partial charge in [-0.05, 0) is 28.1 Å². The minimum absolute atomic E-state index is 0.177. The number of nitrogens with zero attached hydrogens (tertiary/aromatic N) is 1. The summed E-state index contributed by atoms with van der Waals surface area (Å²) in [6.45, 7) is 4.51. The summed E-state index contributed by atoms with van der Waals surface area (Å²) in [4.78, 5) is 13.3. The van der Waals surface area contributed by atoms with Crippen LogP contribution in [-0.4, -0.2) is 55.4 Å². The first-order chi connectivity index (χ1) is 9.18. The Morgan fingerprint density at radius 2 is 2.16 bits per heavy atom. The number of carboxylic acids is 1. The number of carboxylic acid groups (broad SMARTS) is 1. The van der Waals surface area contributed by atoms with Gasteiger partial charge in [0.1, 0.15) is 17.9 Å². The number of hydrogen-bond acceptors (Lipinski definition) is 4. The summed E-state index contributed by atoms with van der Waals surface area (Å²) in [5, 5.41) is 9.11. The maximum atomic E-state index is 11.1. The number of benzene rings is 1. The molecular weight excluding hydrogens is 314 g/mol. The third kappa shape index (κ3) is 3.92. The smallest absolute Gasteiger partial charge is 0.339 e. The van der Waals surface area contributed by atoms with Crippen molar-refractivity contribution in [3.8, 4) is 5.75 Å². The zero-order valence-electron chi connectivity index (χ0n) is 10.5. The van der Waals surface area contributed by atoms with Gasteiger partial charge in [-0.15, -0.1) is 0 Å². The van der Waals surface area contributed by atoms with E-state index in [-0.39, 0.29) is 5.56 Å². The van der Waals surface area contributed by atoms with Crippen molar-refractivity contribution in [1.82, 2.24) is 4.90 Å². The number of aromatic carboxylic acids is 1. The normalized spacial score (nSPS) is 16.3. The molecule has 1 N–H and O–H groups in total. The Morgan fingerprint density at radius 1 is 1.42 bits per heavy atom. The van der Waals surface area contributed by atoms with Crippen LogP contribution in [0.2, 0.25) is 0 Å². The van der Waals surface area contributed by atoms with E-state index in [0.717, 1.165) is 32.8 Å². The molecule has 0 unspecified atom stereocenters. The van der Waals surface area contributed by atoms with E-state index in [0.29, 0.717) is 16.8 Å². The van der Waals surface area contributed by atoms with E-state index in [1.807, 2.05) is 0 Å². The zero-order valence-corrected chi connectivity index (χ0v) is 12.1. The van der Waals surface area contributed by atoms with E-state index < -0.39 is 5.97 Å². The second-order valence-corrected chi connectivity index (χ2v) is 5.08. The van der Waals surface area contributed by atoms with E-state index in [4.69, 9.17) is 14.6 Å². The van der Waals surface area contributed by atoms with Gasteiger partial charge in [0.25, 0.3) is 0 Å². The maximum absolute atomic E-state index is 11.1. The van der Waals surface area contributed by atoms with Crippen LogP contribution in [0, 0.1) is 0 Å². The van der Waals surface area contributed by atoms with E-state index in [9.17, 15) is 4.79 Å². The van der Waals surface area contributed by atoms with Crippen LogP contribution < -0.4 is 4.74 Å². The molecule has 0 aromatic heterocycles. The molecule has 0 radical (unpaired) electrons. The number of ether oxygens (including phenoxy) is 2. The quantitative estimate of drug-likeness (QED) is 0.893. The lowest BCUT2D eigenvalue weighted by Crippen LogP contribution is -2.38. The van der Waals surface area contributed by atoms with Gasteiger partial charge in [-0.2, -0.15) is 0 Å². The highest BCUT2D eigenvalue weighted by atomic mass is 79.9. The summed E-state index contributed by atoms with van der Waals surface area (Å²) in [5.41, 5.74) is 0.177. The van der Waals surface area contributed by atoms with E-state index in [2.05, 4.69) is 20.8 Å². The molecule has 0 saturated carbocycles. The first kappa shape index (κ1) is 14.3. The molecule has 1 heterocycles. The van der Waals surface area contributed by atoms with Crippen molar-refractivity contribution in [3.63, 3.8) is 0 Å². The Labute approximate surface area is 120 Å². The van der Waals surface area contributed by atoms with Crippen LogP contribution in [0.15, 0.2) is 22.7 Å². The largest absolute Gasteiger partial charge is 0.490 e. The summed E-state index contributed by atoms with van der Waals surface area (Å²) in [6.07, 6.45) is 0. The molecule has 104 valence electrons. The summed E-state index contributed by atoms with van der Waals surface area (Å²) in [6, 6.07) is 5.00. The van der Waals surface area contributed by atoms with E-state index >= 15 is 0 Å². The molecule has 0 atom stereocenters. The predicted octanol–water partition coefficient (Wildman–Crippen LogP) is 1.86. The number of hydrogen-bond donors (Lipinski definition) is 1. The monoisotopic (exact) mass is 329 g/mol. The van der Waals surface area contributed by atoms with E-state index in [1.54, 1.807) is 12.1 Å². The minimum atomic E-state index is -0.984. The Hall–Kier alpha value is -1.11. The van der Waals surface area contributed by atoms with Gasteiger partial charge in [-0.25, -0.2) is 4.79 Å². The van der Waals surface area contributed by atoms with Gasteiger partial charge in [-0.1, -0.05) is 6.07 Å². The second-order valence-electron chi connectivity index (χ2n) is 4.22. The highest BCUT2D eigenvalue weighted by Gasteiger charge is 2.15. The minimum Gasteiger partial charge on any atom is -0.490 e. The molecule has 1 fully saturated rings. The Balaban J connectivity index is 1.93. The summed E-state index contributed by atoms with van der Waals surface area (Å²) < 4.78 is 11.5. The van der Waals surface area contributed by atoms with Gasteiger partial charge in [-0.3, -0.25) is 4.90 Å². The van der Waals surface area contributed by atoms with Gasteiger partial charge < -0.3 is 14.6 Å². The van der Waals surface area contributed by atoms with Crippen LogP contribution in [0.5, 0.6) is 5.75 Å². The highest BCUT2D eigenvalue weighted by Crippen LogP contribution is 2.29. The van der Waals surface area contributed by atoms with Crippen molar-refractivity contribution in [3.05, 3.63) is 28.2 Å². The number of para-hydroxylation sites is 1. The summed E-state index contributed by atoms with van der Waals surface area (Å²) in [5.74, 6) is -0.592. The number of rotatable bonds is 5. The predicted molar refractivity (Wildman–Crippen MR) is 73.9 cm³/mol. The van der Waals surface area contributed by atoms with Crippen LogP contribution in [0.3, 0.4) is 0 Å². The van der Waals surface area contributed by atoms with Crippen molar-refractivity contribution < 1.29 is 19.4 Å². The van der Waals surface area contributed by atoms with Crippen LogP contribution in [0.25, 0.3) is 0 Å². The molecule has 19 heavy (non-hydrogen) atoms. The average Bonchev–Trinajstić information content (AvgIpc) is 2.41. The molecule has 1 aromatic carbocycles. The average molecular weight is 330 g/mol. The first-order valence-electron chi connectivity index (χ1n) is 6.13. The van der Waals surface area contributed by atoms with Crippen LogP contribution in [0.4, 0.5) is 0 Å². The standard InChI is InChI=1S/C13H16BrNO4/c14-11-3-1-2-10(13(16)17)12(11)19-9-6-15-4-7-18-8-5-15/h1-3H,4-9H2,(H,16,17). The summed E-state index contributed by atoms with van der Waals surface area (Å²) in [7, 11) is 0. The zero-order chi connectivity index (χ0) is 13.7. The van der Waals surface area contributed by atoms with Crippen molar-refractivity contribution in [2.75, 3.05) is 39.5 Å². The fraction of sp³-hybridized carbons (Fsp3) is 0.462. The lowest BCUT2D eigenvalue weighted by Gasteiger charge is -2.26. The lowest BCUT2D eigenvalue weighted by molar-refractivity contribution is 0.0321. The Bertz CT molecular complexity index is 446. The van der Waals surface area contributed by atoms with Crippen molar-refractivity contribution in [1.29, 1.82) is 0 Å². The first-order valence-corrected chi connectivity index (χ1v) is 6.92. The Morgan fingerprint density at radius 3 is 2.84 bits per heavy atom. The SMILES string of the molecule is O=C(O)c1cccc(Br)c1OCCN1CCOCC1. The van der Waals surface area contributed by atoms with Crippen molar-refractivity contribution in [2.24, 2.45) is 0 Å². The van der Waals surface area contributed by atoms with Crippen LogP contribution in [0.1, 0.15) is 10.4 Å². The van der Waals surface area contributed by atoms with Gasteiger partial charge in [0.15, 0.2) is 0 Å². The molecule has 1 aliphatic rings. The molecule has 1 saturated heterocycles. The fourth-order valence-corrected chi connectivity index (χ4v) is 2.41. The van der Waals surface area contributed by atoms with Gasteiger partial charge in [0.2, 0.25) is 0 Å². The van der Waals surface area contributed by atoms with Gasteiger partial charge in [0, 0.05) is 19.6 Å². The molecular formula is C13H16BrNO4. The molecule has 2 rings (SSSR count). The van der Waals surface area contributed by atoms with Crippen LogP contribution in [-0.2, 0) is 4.74 Å². The molecule has 0 bridgehead atoms. The summed E-state index contributed by atoms with van der Waals surface area (Å²) >= 11 is 3.32. The highest BCUT2D eigenvalue weighted by molar-refractivity contribution is 9.10. The maximum Gasteiger partial charge on any atom is 0.339 e. The van der Waals surface area contributed by atoms with Crippen LogP contribution >= 0.6 is 15.9 Å². The van der Waals surface area contributed by atoms with Gasteiger partial charge >= 0.3 is 5.97 Å². The van der Waals surface area contributed by atoms with E-state index in [1.165, 1.54) is 6.07 Å². The third-order valence-electron chi connectivity index (χ3n) is 2.96. The lowest BCUT2D eigenvalue weighted by atomic mass is 10.2. The molecule has 1 aliphatic heterocycles.